The highest BCUT2D eigenvalue weighted by Crippen LogP contribution is 2.31. The number of nitrogens with zero attached hydrogens (tertiary/aromatic N) is 2. The smallest absolute Gasteiger partial charge is 0.368 e. The number of hydrogen-bond acceptors (Lipinski definition) is 4. The summed E-state index contributed by atoms with van der Waals surface area (Å²) in [7, 11) is 0. The summed E-state index contributed by atoms with van der Waals surface area (Å²) in [5, 5.41) is 2.75. The van der Waals surface area contributed by atoms with E-state index in [0.29, 0.717) is 5.52 Å². The number of nitrogens with one attached hydrogen (secondary N) is 1. The Balaban J connectivity index is 2.49. The van der Waals surface area contributed by atoms with Gasteiger partial charge in [-0.25, -0.2) is 4.98 Å². The maximum absolute atomic E-state index is 12.6. The van der Waals surface area contributed by atoms with E-state index in [1.807, 2.05) is 0 Å². The summed E-state index contributed by atoms with van der Waals surface area (Å²) in [6.07, 6.45) is -2.36. The fourth-order valence-electron chi connectivity index (χ4n) is 1.52. The van der Waals surface area contributed by atoms with E-state index >= 15 is 0 Å². The van der Waals surface area contributed by atoms with Gasteiger partial charge in [-0.15, -0.1) is 0 Å². The molecule has 0 atom stereocenters. The first kappa shape index (κ1) is 13.1. The van der Waals surface area contributed by atoms with Crippen LogP contribution in [-0.4, -0.2) is 22.4 Å². The van der Waals surface area contributed by atoms with E-state index in [0.717, 1.165) is 12.3 Å². The number of alkyl halides is 3. The summed E-state index contributed by atoms with van der Waals surface area (Å²) in [6, 6.07) is 2.41. The van der Waals surface area contributed by atoms with Crippen LogP contribution in [0.4, 0.5) is 19.0 Å². The van der Waals surface area contributed by atoms with Crippen molar-refractivity contribution >= 4 is 22.6 Å². The number of hydrogen-bond donors (Lipinski definition) is 2. The highest BCUT2D eigenvalue weighted by molar-refractivity contribution is 5.91. The third kappa shape index (κ3) is 2.90. The molecule has 8 heteroatoms. The number of aromatic nitrogens is 2. The lowest BCUT2D eigenvalue weighted by Crippen LogP contribution is -2.22. The van der Waals surface area contributed by atoms with Gasteiger partial charge in [-0.2, -0.15) is 13.2 Å². The van der Waals surface area contributed by atoms with Gasteiger partial charge in [0, 0.05) is 17.8 Å². The number of carbonyl (C=O) groups excluding carboxylic acids is 1. The van der Waals surface area contributed by atoms with Gasteiger partial charge in [0.25, 0.3) is 0 Å². The Morgan fingerprint density at radius 1 is 1.37 bits per heavy atom. The molecule has 100 valence electrons. The zero-order valence-electron chi connectivity index (χ0n) is 9.53. The molecule has 0 aliphatic heterocycles. The van der Waals surface area contributed by atoms with Crippen molar-refractivity contribution in [2.75, 3.05) is 11.9 Å². The average molecular weight is 270 g/mol. The lowest BCUT2D eigenvalue weighted by Gasteiger charge is -2.10. The van der Waals surface area contributed by atoms with E-state index in [1.165, 1.54) is 12.3 Å². The SMILES string of the molecule is NC(=O)CNc1nccc2ncc(C(F)(F)F)cc12. The van der Waals surface area contributed by atoms with Crippen molar-refractivity contribution in [2.24, 2.45) is 5.73 Å². The number of primary amides is 1. The van der Waals surface area contributed by atoms with Gasteiger partial charge < -0.3 is 11.1 Å². The van der Waals surface area contributed by atoms with Crippen LogP contribution in [-0.2, 0) is 11.0 Å². The third-order valence-electron chi connectivity index (χ3n) is 2.37. The largest absolute Gasteiger partial charge is 0.417 e. The van der Waals surface area contributed by atoms with E-state index in [-0.39, 0.29) is 17.7 Å². The van der Waals surface area contributed by atoms with E-state index in [2.05, 4.69) is 15.3 Å². The van der Waals surface area contributed by atoms with Gasteiger partial charge in [-0.05, 0) is 12.1 Å². The number of anilines is 1. The molecule has 0 saturated heterocycles. The summed E-state index contributed by atoms with van der Waals surface area (Å²) in [5.41, 5.74) is 4.42. The third-order valence-corrected chi connectivity index (χ3v) is 2.37. The first-order valence-electron chi connectivity index (χ1n) is 5.22. The fraction of sp³-hybridized carbons (Fsp3) is 0.182. The minimum absolute atomic E-state index is 0.134. The minimum Gasteiger partial charge on any atom is -0.368 e. The van der Waals surface area contributed by atoms with Gasteiger partial charge in [0.2, 0.25) is 5.91 Å². The van der Waals surface area contributed by atoms with Crippen molar-refractivity contribution in [2.45, 2.75) is 6.18 Å². The van der Waals surface area contributed by atoms with E-state index in [1.54, 1.807) is 0 Å². The second-order valence-corrected chi connectivity index (χ2v) is 3.77. The van der Waals surface area contributed by atoms with Gasteiger partial charge in [-0.1, -0.05) is 0 Å². The minimum atomic E-state index is -4.49. The van der Waals surface area contributed by atoms with Gasteiger partial charge in [0.1, 0.15) is 5.82 Å². The number of carbonyl (C=O) groups is 1. The average Bonchev–Trinajstić information content (AvgIpc) is 2.34. The second-order valence-electron chi connectivity index (χ2n) is 3.77. The molecule has 19 heavy (non-hydrogen) atoms. The molecule has 0 radical (unpaired) electrons. The topological polar surface area (TPSA) is 80.9 Å². The zero-order valence-corrected chi connectivity index (χ0v) is 9.53. The monoisotopic (exact) mass is 270 g/mol. The van der Waals surface area contributed by atoms with Crippen LogP contribution in [0.25, 0.3) is 10.9 Å². The van der Waals surface area contributed by atoms with E-state index in [4.69, 9.17) is 5.73 Å². The van der Waals surface area contributed by atoms with Crippen molar-refractivity contribution < 1.29 is 18.0 Å². The van der Waals surface area contributed by atoms with Crippen LogP contribution in [0.2, 0.25) is 0 Å². The van der Waals surface area contributed by atoms with Crippen molar-refractivity contribution in [3.05, 3.63) is 30.1 Å². The molecular weight excluding hydrogens is 261 g/mol. The molecular formula is C11H9F3N4O. The normalized spacial score (nSPS) is 11.5. The molecule has 2 rings (SSSR count). The Kier molecular flexibility index (Phi) is 3.24. The second kappa shape index (κ2) is 4.71. The van der Waals surface area contributed by atoms with Crippen molar-refractivity contribution in [1.82, 2.24) is 9.97 Å². The summed E-state index contributed by atoms with van der Waals surface area (Å²) in [4.78, 5) is 18.3. The molecule has 0 fully saturated rings. The van der Waals surface area contributed by atoms with Gasteiger partial charge in [0.15, 0.2) is 0 Å². The van der Waals surface area contributed by atoms with Gasteiger partial charge in [0.05, 0.1) is 17.6 Å². The number of amides is 1. The molecule has 3 N–H and O–H groups in total. The van der Waals surface area contributed by atoms with Crippen LogP contribution in [0.1, 0.15) is 5.56 Å². The lowest BCUT2D eigenvalue weighted by molar-refractivity contribution is -0.137. The van der Waals surface area contributed by atoms with Crippen molar-refractivity contribution in [3.63, 3.8) is 0 Å². The number of nitrogens with two attached hydrogens (primary N) is 1. The first-order valence-corrected chi connectivity index (χ1v) is 5.22. The van der Waals surface area contributed by atoms with Crippen LogP contribution >= 0.6 is 0 Å². The Morgan fingerprint density at radius 2 is 2.11 bits per heavy atom. The van der Waals surface area contributed by atoms with Crippen LogP contribution < -0.4 is 11.1 Å². The van der Waals surface area contributed by atoms with Crippen molar-refractivity contribution in [1.29, 1.82) is 0 Å². The van der Waals surface area contributed by atoms with Crippen LogP contribution in [0, 0.1) is 0 Å². The Bertz CT molecular complexity index is 627. The maximum atomic E-state index is 12.6. The molecule has 0 aliphatic rings. The molecule has 0 aromatic carbocycles. The summed E-state index contributed by atoms with van der Waals surface area (Å²) < 4.78 is 37.8. The van der Waals surface area contributed by atoms with Crippen LogP contribution in [0.3, 0.4) is 0 Å². The Hall–Kier alpha value is -2.38. The molecule has 0 aliphatic carbocycles. The molecule has 0 bridgehead atoms. The zero-order chi connectivity index (χ0) is 14.0. The molecule has 2 heterocycles. The van der Waals surface area contributed by atoms with E-state index in [9.17, 15) is 18.0 Å². The lowest BCUT2D eigenvalue weighted by atomic mass is 10.2. The van der Waals surface area contributed by atoms with Gasteiger partial charge in [-0.3, -0.25) is 9.78 Å². The number of rotatable bonds is 3. The number of halogens is 3. The number of fused-ring (bicyclic) bond motifs is 1. The van der Waals surface area contributed by atoms with Crippen LogP contribution in [0.5, 0.6) is 0 Å². The predicted molar refractivity (Wildman–Crippen MR) is 62.2 cm³/mol. The molecule has 0 unspecified atom stereocenters. The van der Waals surface area contributed by atoms with Crippen molar-refractivity contribution in [3.8, 4) is 0 Å². The first-order chi connectivity index (χ1) is 8.88. The number of pyridine rings is 2. The molecule has 2 aromatic rings. The Labute approximate surface area is 105 Å². The maximum Gasteiger partial charge on any atom is 0.417 e. The molecule has 5 nitrogen and oxygen atoms in total. The fourth-order valence-corrected chi connectivity index (χ4v) is 1.52. The summed E-state index contributed by atoms with van der Waals surface area (Å²) >= 11 is 0. The molecule has 0 spiro atoms. The standard InChI is InChI=1S/C11H9F3N4O/c12-11(13,14)6-3-7-8(17-4-6)1-2-16-10(7)18-5-9(15)19/h1-4H,5H2,(H2,15,19)(H,16,18). The van der Waals surface area contributed by atoms with Crippen LogP contribution in [0.15, 0.2) is 24.5 Å². The molecule has 1 amide bonds. The summed E-state index contributed by atoms with van der Waals surface area (Å²) in [5.74, 6) is -0.506. The van der Waals surface area contributed by atoms with Gasteiger partial charge >= 0.3 is 6.18 Å². The molecule has 0 saturated carbocycles. The Morgan fingerprint density at radius 3 is 2.74 bits per heavy atom. The highest BCUT2D eigenvalue weighted by atomic mass is 19.4. The highest BCUT2D eigenvalue weighted by Gasteiger charge is 2.31. The van der Waals surface area contributed by atoms with E-state index < -0.39 is 17.6 Å². The summed E-state index contributed by atoms with van der Waals surface area (Å²) in [6.45, 7) is -0.220. The molecule has 2 aromatic heterocycles. The predicted octanol–water partition coefficient (Wildman–Crippen LogP) is 1.55. The quantitative estimate of drug-likeness (QED) is 0.886.